The molecule has 1 atom stereocenters. The average Bonchev–Trinajstić information content (AvgIpc) is 2.37. The van der Waals surface area contributed by atoms with Crippen LogP contribution in [0.3, 0.4) is 0 Å². The third-order valence-corrected chi connectivity index (χ3v) is 3.54. The molecular formula is C10H11S. The van der Waals surface area contributed by atoms with Crippen molar-refractivity contribution in [2.24, 2.45) is 0 Å². The second-order valence-electron chi connectivity index (χ2n) is 3.11. The Kier molecular flexibility index (Phi) is 1.50. The van der Waals surface area contributed by atoms with E-state index in [1.165, 1.54) is 21.6 Å². The minimum Gasteiger partial charge on any atom is -0.118 e. The molecule has 2 rings (SSSR count). The summed E-state index contributed by atoms with van der Waals surface area (Å²) >= 11 is 1.93. The van der Waals surface area contributed by atoms with E-state index in [4.69, 9.17) is 0 Å². The summed E-state index contributed by atoms with van der Waals surface area (Å²) in [6.45, 7) is 6.51. The van der Waals surface area contributed by atoms with Crippen molar-refractivity contribution in [2.75, 3.05) is 0 Å². The van der Waals surface area contributed by atoms with E-state index >= 15 is 0 Å². The van der Waals surface area contributed by atoms with Gasteiger partial charge in [0.1, 0.15) is 0 Å². The zero-order chi connectivity index (χ0) is 8.01. The number of hydrogen-bond donors (Lipinski definition) is 0. The van der Waals surface area contributed by atoms with E-state index in [0.29, 0.717) is 5.25 Å². The van der Waals surface area contributed by atoms with Crippen molar-refractivity contribution in [3.63, 3.8) is 0 Å². The summed E-state index contributed by atoms with van der Waals surface area (Å²) in [6.07, 6.45) is 5.68. The highest BCUT2D eigenvalue weighted by Crippen LogP contribution is 2.44. The Balaban J connectivity index is 2.41. The molecule has 0 amide bonds. The zero-order valence-corrected chi connectivity index (χ0v) is 7.88. The minimum atomic E-state index is 0.523. The van der Waals surface area contributed by atoms with Crippen molar-refractivity contribution in [3.05, 3.63) is 33.8 Å². The quantitative estimate of drug-likeness (QED) is 0.529. The third kappa shape index (κ3) is 0.987. The van der Waals surface area contributed by atoms with Crippen molar-refractivity contribution in [1.29, 1.82) is 0 Å². The fourth-order valence-electron chi connectivity index (χ4n) is 1.50. The summed E-state index contributed by atoms with van der Waals surface area (Å²) in [7, 11) is 0. The van der Waals surface area contributed by atoms with Gasteiger partial charge >= 0.3 is 0 Å². The third-order valence-electron chi connectivity index (χ3n) is 2.27. The molecule has 11 heavy (non-hydrogen) atoms. The maximum Gasteiger partial charge on any atom is 0.0599 e. The van der Waals surface area contributed by atoms with E-state index in [1.54, 1.807) is 0 Å². The molecule has 57 valence electrons. The molecule has 0 N–H and O–H groups in total. The topological polar surface area (TPSA) is 0 Å². The summed E-state index contributed by atoms with van der Waals surface area (Å²) in [4.78, 5) is 1.46. The predicted molar refractivity (Wildman–Crippen MR) is 50.3 cm³/mol. The Morgan fingerprint density at radius 2 is 2.09 bits per heavy atom. The van der Waals surface area contributed by atoms with Crippen LogP contribution in [0.1, 0.15) is 20.8 Å². The Morgan fingerprint density at radius 1 is 1.36 bits per heavy atom. The minimum absolute atomic E-state index is 0.523. The normalized spacial score (nSPS) is 28.8. The van der Waals surface area contributed by atoms with E-state index < -0.39 is 0 Å². The van der Waals surface area contributed by atoms with Crippen LogP contribution in [0.4, 0.5) is 0 Å². The van der Waals surface area contributed by atoms with Crippen LogP contribution >= 0.6 is 11.8 Å². The van der Waals surface area contributed by atoms with Crippen LogP contribution in [0.5, 0.6) is 0 Å². The monoisotopic (exact) mass is 163 g/mol. The average molecular weight is 163 g/mol. The van der Waals surface area contributed by atoms with Gasteiger partial charge < -0.3 is 0 Å². The molecule has 1 heteroatoms. The molecule has 0 spiro atoms. The standard InChI is InChI=1S/C10H11S/c1-6-4-9-7(2)8(3)11-10(9)5-6/h4,10H,1-3H3. The van der Waals surface area contributed by atoms with Crippen LogP contribution in [-0.2, 0) is 0 Å². The van der Waals surface area contributed by atoms with Crippen LogP contribution in [0.15, 0.2) is 27.7 Å². The first kappa shape index (κ1) is 7.23. The summed E-state index contributed by atoms with van der Waals surface area (Å²) in [5.41, 5.74) is 4.23. The first-order chi connectivity index (χ1) is 5.18. The molecule has 0 aromatic carbocycles. The highest BCUT2D eigenvalue weighted by Gasteiger charge is 2.27. The van der Waals surface area contributed by atoms with Gasteiger partial charge in [0.25, 0.3) is 0 Å². The smallest absolute Gasteiger partial charge is 0.0599 e. The first-order valence-electron chi connectivity index (χ1n) is 3.84. The molecule has 1 radical (unpaired) electrons. The van der Waals surface area contributed by atoms with Gasteiger partial charge in [-0.15, -0.1) is 11.8 Å². The second kappa shape index (κ2) is 2.28. The van der Waals surface area contributed by atoms with Gasteiger partial charge in [-0.1, -0.05) is 6.08 Å². The van der Waals surface area contributed by atoms with Gasteiger partial charge in [-0.3, -0.25) is 0 Å². The first-order valence-corrected chi connectivity index (χ1v) is 4.72. The molecular weight excluding hydrogens is 152 g/mol. The number of rotatable bonds is 0. The van der Waals surface area contributed by atoms with Crippen molar-refractivity contribution in [1.82, 2.24) is 0 Å². The molecule has 0 nitrogen and oxygen atoms in total. The molecule has 0 aromatic rings. The second-order valence-corrected chi connectivity index (χ2v) is 4.43. The molecule has 0 aromatic heterocycles. The fourth-order valence-corrected chi connectivity index (χ4v) is 2.77. The summed E-state index contributed by atoms with van der Waals surface area (Å²) in [5.74, 6) is 0. The van der Waals surface area contributed by atoms with Crippen LogP contribution in [0, 0.1) is 6.08 Å². The van der Waals surface area contributed by atoms with Crippen LogP contribution in [-0.4, -0.2) is 5.25 Å². The number of allylic oxidation sites excluding steroid dienone is 4. The lowest BCUT2D eigenvalue weighted by atomic mass is 10.1. The molecule has 0 fully saturated rings. The lowest BCUT2D eigenvalue weighted by Gasteiger charge is -1.99. The Labute approximate surface area is 72.1 Å². The molecule has 1 aliphatic carbocycles. The Hall–Kier alpha value is -0.430. The molecule has 2 aliphatic rings. The lowest BCUT2D eigenvalue weighted by Crippen LogP contribution is -1.92. The fraction of sp³-hybridized carbons (Fsp3) is 0.400. The Morgan fingerprint density at radius 3 is 2.73 bits per heavy atom. The number of thioether (sulfide) groups is 1. The highest BCUT2D eigenvalue weighted by molar-refractivity contribution is 8.04. The lowest BCUT2D eigenvalue weighted by molar-refractivity contribution is 1.26. The summed E-state index contributed by atoms with van der Waals surface area (Å²) in [6, 6.07) is 0. The van der Waals surface area contributed by atoms with Crippen molar-refractivity contribution in [2.45, 2.75) is 26.0 Å². The maximum absolute atomic E-state index is 3.42. The van der Waals surface area contributed by atoms with Gasteiger partial charge in [-0.2, -0.15) is 0 Å². The van der Waals surface area contributed by atoms with E-state index in [2.05, 4.69) is 32.9 Å². The highest BCUT2D eigenvalue weighted by atomic mass is 32.2. The molecule has 0 bridgehead atoms. The van der Waals surface area contributed by atoms with Crippen LogP contribution < -0.4 is 0 Å². The van der Waals surface area contributed by atoms with Gasteiger partial charge in [-0.05, 0) is 48.5 Å². The molecule has 1 heterocycles. The number of hydrogen-bond acceptors (Lipinski definition) is 1. The van der Waals surface area contributed by atoms with Crippen molar-refractivity contribution >= 4 is 11.8 Å². The molecule has 0 saturated carbocycles. The predicted octanol–water partition coefficient (Wildman–Crippen LogP) is 3.09. The van der Waals surface area contributed by atoms with Gasteiger partial charge in [0, 0.05) is 0 Å². The van der Waals surface area contributed by atoms with Crippen molar-refractivity contribution in [3.8, 4) is 0 Å². The van der Waals surface area contributed by atoms with E-state index in [1.807, 2.05) is 11.8 Å². The zero-order valence-electron chi connectivity index (χ0n) is 7.06. The van der Waals surface area contributed by atoms with Gasteiger partial charge in [0.15, 0.2) is 0 Å². The summed E-state index contributed by atoms with van der Waals surface area (Å²) < 4.78 is 0. The van der Waals surface area contributed by atoms with E-state index in [9.17, 15) is 0 Å². The molecule has 1 aliphatic heterocycles. The van der Waals surface area contributed by atoms with Crippen LogP contribution in [0.25, 0.3) is 0 Å². The molecule has 0 saturated heterocycles. The van der Waals surface area contributed by atoms with E-state index in [-0.39, 0.29) is 0 Å². The van der Waals surface area contributed by atoms with Gasteiger partial charge in [0.05, 0.1) is 5.25 Å². The van der Waals surface area contributed by atoms with Gasteiger partial charge in [0.2, 0.25) is 0 Å². The Bertz CT molecular complexity index is 292. The van der Waals surface area contributed by atoms with E-state index in [0.717, 1.165) is 0 Å². The molecule has 1 unspecified atom stereocenters. The number of fused-ring (bicyclic) bond motifs is 1. The van der Waals surface area contributed by atoms with Gasteiger partial charge in [-0.25, -0.2) is 0 Å². The van der Waals surface area contributed by atoms with Crippen molar-refractivity contribution < 1.29 is 0 Å². The van der Waals surface area contributed by atoms with Crippen LogP contribution in [0.2, 0.25) is 0 Å². The SMILES string of the molecule is CC1=[C]C2SC(C)=C(C)C2=C1. The summed E-state index contributed by atoms with van der Waals surface area (Å²) in [5, 5.41) is 0.523. The maximum atomic E-state index is 3.42. The largest absolute Gasteiger partial charge is 0.118 e.